The largest absolute Gasteiger partial charge is 3.00 e. The van der Waals surface area contributed by atoms with Gasteiger partial charge in [-0.25, -0.2) is 19.1 Å². The Labute approximate surface area is 466 Å². The third kappa shape index (κ3) is 21.5. The van der Waals surface area contributed by atoms with Crippen molar-refractivity contribution in [3.8, 4) is 22.5 Å². The maximum atomic E-state index is 14.1. The van der Waals surface area contributed by atoms with Crippen molar-refractivity contribution in [2.75, 3.05) is 96.6 Å². The zero-order valence-corrected chi connectivity index (χ0v) is 46.6. The monoisotopic (exact) mass is 1180 g/mol. The van der Waals surface area contributed by atoms with Gasteiger partial charge in [-0.3, -0.25) is 62.5 Å². The fourth-order valence-corrected chi connectivity index (χ4v) is 9.86. The Morgan fingerprint density at radius 2 is 1.14 bits per heavy atom. The molecule has 426 valence electrons. The number of fused-ring (bicyclic) bond motifs is 5. The quantitative estimate of drug-likeness (QED) is 0.0242. The van der Waals surface area contributed by atoms with Crippen molar-refractivity contribution in [1.29, 1.82) is 0 Å². The van der Waals surface area contributed by atoms with E-state index >= 15 is 0 Å². The van der Waals surface area contributed by atoms with E-state index in [4.69, 9.17) is 9.63 Å². The maximum Gasteiger partial charge on any atom is 3.00 e. The molecule has 3 atom stereocenters. The summed E-state index contributed by atoms with van der Waals surface area (Å²) < 4.78 is 18.9. The van der Waals surface area contributed by atoms with Crippen molar-refractivity contribution in [3.63, 3.8) is 0 Å². The number of aromatic nitrogens is 3. The van der Waals surface area contributed by atoms with Crippen LogP contribution >= 0.6 is 7.75 Å². The number of anilines is 1. The Morgan fingerprint density at radius 3 is 1.68 bits per heavy atom. The van der Waals surface area contributed by atoms with Gasteiger partial charge in [-0.2, -0.15) is 0 Å². The summed E-state index contributed by atoms with van der Waals surface area (Å²) in [5.74, 6) is -8.93. The second kappa shape index (κ2) is 31.9. The molecule has 2 aromatic carbocycles. The number of carboxylic acid groups (broad SMARTS) is 6. The number of benzene rings is 2. The minimum atomic E-state index is -4.83. The van der Waals surface area contributed by atoms with E-state index in [1.807, 2.05) is 34.3 Å². The average Bonchev–Trinajstić information content (AvgIpc) is 3.84. The first kappa shape index (κ1) is 64.9. The average molecular weight is 1180 g/mol. The van der Waals surface area contributed by atoms with Crippen LogP contribution in [-0.4, -0.2) is 247 Å². The van der Waals surface area contributed by atoms with Crippen LogP contribution in [0.1, 0.15) is 50.5 Å². The summed E-state index contributed by atoms with van der Waals surface area (Å²) in [6.45, 7) is 0.704. The number of hydrogen-bond donors (Lipinski definition) is 10. The molecule has 1 aromatic heterocycles. The number of rotatable bonds is 28. The Kier molecular flexibility index (Phi) is 26.2. The Bertz CT molecular complexity index is 2650. The molecule has 79 heavy (non-hydrogen) atoms. The second-order valence-corrected chi connectivity index (χ2v) is 20.1. The summed E-state index contributed by atoms with van der Waals surface area (Å²) in [7, 11) is -4.83. The summed E-state index contributed by atoms with van der Waals surface area (Å²) in [4.78, 5) is 128. The fraction of sp³-hybridized carbons (Fsp3) is 0.521. The predicted molar refractivity (Wildman–Crippen MR) is 279 cm³/mol. The Balaban J connectivity index is 0.0000134. The zero-order chi connectivity index (χ0) is 56.9. The molecule has 0 spiro atoms. The van der Waals surface area contributed by atoms with Crippen LogP contribution in [0.15, 0.2) is 48.5 Å². The minimum Gasteiger partial charge on any atom is -0.481 e. The van der Waals surface area contributed by atoms with Crippen LogP contribution in [0.4, 0.5) is 5.69 Å². The number of nitrogens with one attached hydrogen (secondary N) is 3. The van der Waals surface area contributed by atoms with E-state index in [9.17, 15) is 78.1 Å². The van der Waals surface area contributed by atoms with Crippen LogP contribution in [0.3, 0.4) is 0 Å². The van der Waals surface area contributed by atoms with Crippen LogP contribution in [0.5, 0.6) is 0 Å². The van der Waals surface area contributed by atoms with Gasteiger partial charge in [0.05, 0.1) is 57.3 Å². The van der Waals surface area contributed by atoms with Gasteiger partial charge in [0.1, 0.15) is 17.8 Å². The van der Waals surface area contributed by atoms with Crippen LogP contribution in [-0.2, 0) is 65.3 Å². The van der Waals surface area contributed by atoms with Crippen LogP contribution in [0, 0.1) is 0 Å². The standard InChI is InChI=1S/C48H66N11O18P.Ga/c60-38(50-35(47(71)72)15-26-77-78(75,76)52-36(48(73)74)13-14-41(63)64)11-5-6-12-40(62)58-27-32-7-1-2-8-33(32)46-45(34-9-3-4-10-37(34)58)51-53-59(46)17-16-49-39(61)28-54-18-20-55(29-42(65)66)22-24-57(31-44(69)70)25-23-56(21-19-54)30-43(67)68;/h1-4,7-10,35-36H,5-6,11-31H2,(H,49,61)(H,50,60)(H,63,64)(H,65,66)(H,67,68)(H,69,70)(H,71,72)(H,73,74)(H2,52,75,76);/q;+3/t35?,36-;/m0./s1/i;1-2. The first-order valence-electron chi connectivity index (χ1n) is 25.0. The van der Waals surface area contributed by atoms with Gasteiger partial charge >= 0.3 is 63.4 Å². The van der Waals surface area contributed by atoms with E-state index < -0.39 is 87.4 Å². The van der Waals surface area contributed by atoms with Gasteiger partial charge in [-0.05, 0) is 30.9 Å². The predicted octanol–water partition coefficient (Wildman–Crippen LogP) is -0.786. The fourth-order valence-electron chi connectivity index (χ4n) is 8.80. The normalized spacial score (nSPS) is 16.2. The van der Waals surface area contributed by atoms with Gasteiger partial charge in [-0.15, -0.1) is 5.10 Å². The molecule has 3 amide bonds. The number of para-hydroxylation sites is 1. The van der Waals surface area contributed by atoms with E-state index in [2.05, 4.69) is 20.9 Å². The van der Waals surface area contributed by atoms with E-state index in [0.717, 1.165) is 11.1 Å². The maximum absolute atomic E-state index is 14.1. The number of carboxylic acids is 6. The first-order chi connectivity index (χ1) is 37.1. The van der Waals surface area contributed by atoms with Gasteiger partial charge < -0.3 is 51.1 Å². The van der Waals surface area contributed by atoms with Gasteiger partial charge in [-0.1, -0.05) is 47.7 Å². The minimum absolute atomic E-state index is 0. The third-order valence-corrected chi connectivity index (χ3v) is 13.9. The molecule has 2 aliphatic heterocycles. The van der Waals surface area contributed by atoms with E-state index in [-0.39, 0.29) is 155 Å². The van der Waals surface area contributed by atoms with Crippen molar-refractivity contribution in [3.05, 3.63) is 54.1 Å². The van der Waals surface area contributed by atoms with Crippen molar-refractivity contribution in [1.82, 2.24) is 50.3 Å². The van der Waals surface area contributed by atoms with Gasteiger partial charge in [0.2, 0.25) is 17.7 Å². The molecule has 2 unspecified atom stereocenters. The second-order valence-electron chi connectivity index (χ2n) is 18.6. The number of amides is 3. The van der Waals surface area contributed by atoms with E-state index in [1.165, 1.54) is 0 Å². The topological polar surface area (TPSA) is 405 Å². The summed E-state index contributed by atoms with van der Waals surface area (Å²) >= 11 is 0. The molecule has 29 nitrogen and oxygen atoms in total. The molecule has 31 heteroatoms. The van der Waals surface area contributed by atoms with Crippen molar-refractivity contribution in [2.24, 2.45) is 0 Å². The van der Waals surface area contributed by atoms with E-state index in [0.29, 0.717) is 22.6 Å². The molecular weight excluding hydrogens is 1120 g/mol. The molecule has 0 bridgehead atoms. The van der Waals surface area contributed by atoms with Gasteiger partial charge in [0, 0.05) is 95.7 Å². The molecule has 3 aromatic rings. The van der Waals surface area contributed by atoms with Crippen LogP contribution in [0.2, 0.25) is 0 Å². The SMILES string of the molecule is O=C(O)CC[C@H](NP(=O)(O)OCCC(NC(=O)CCCCC(=O)N1Cc2ccccc2-c2c(nnn2CCNC(=O)CN2CCN(CC(=O)O)CCN(CC(=O)O)CCN(CC(=O)O)CC2)-c2ccccc21)C(=O)O)C(=O)O.[68Ga+3]. The molecule has 0 radical (unpaired) electrons. The molecule has 1 saturated heterocycles. The number of nitrogens with zero attached hydrogens (tertiary/aromatic N) is 8. The molecule has 2 aliphatic rings. The molecule has 5 rings (SSSR count). The number of carbonyl (C=O) groups is 9. The zero-order valence-electron chi connectivity index (χ0n) is 43.3. The molecule has 10 N–H and O–H groups in total. The van der Waals surface area contributed by atoms with Gasteiger partial charge in [0.25, 0.3) is 0 Å². The number of hydrogen-bond acceptors (Lipinski definition) is 17. The molecular formula is C48H66GaN11O18P+3. The van der Waals surface area contributed by atoms with Crippen molar-refractivity contribution in [2.45, 2.75) is 70.1 Å². The summed E-state index contributed by atoms with van der Waals surface area (Å²) in [6.07, 6.45) is -1.42. The molecule has 0 aliphatic carbocycles. The van der Waals surface area contributed by atoms with Crippen LogP contribution in [0.25, 0.3) is 22.5 Å². The molecule has 0 saturated carbocycles. The third-order valence-electron chi connectivity index (χ3n) is 12.7. The summed E-state index contributed by atoms with van der Waals surface area (Å²) in [5, 5.41) is 72.5. The van der Waals surface area contributed by atoms with E-state index in [1.54, 1.807) is 48.5 Å². The van der Waals surface area contributed by atoms with Crippen molar-refractivity contribution < 1.29 is 87.8 Å². The van der Waals surface area contributed by atoms with Crippen LogP contribution < -0.4 is 20.6 Å². The molecule has 1 fully saturated rings. The summed E-state index contributed by atoms with van der Waals surface area (Å²) in [5.41, 5.74) is 3.73. The Morgan fingerprint density at radius 1 is 0.620 bits per heavy atom. The van der Waals surface area contributed by atoms with Crippen molar-refractivity contribution >= 4 is 86.8 Å². The van der Waals surface area contributed by atoms with Gasteiger partial charge in [0.15, 0.2) is 0 Å². The molecule has 3 heterocycles. The first-order valence-corrected chi connectivity index (χ1v) is 26.6. The smallest absolute Gasteiger partial charge is 0.481 e. The summed E-state index contributed by atoms with van der Waals surface area (Å²) in [6, 6.07) is 11.2. The number of aliphatic carboxylic acids is 6. The number of unbranched alkanes of at least 4 members (excludes halogenated alkanes) is 1. The number of carbonyl (C=O) groups excluding carboxylic acids is 3. The Hall–Kier alpha value is -6.60.